The summed E-state index contributed by atoms with van der Waals surface area (Å²) in [5, 5.41) is 0. The van der Waals surface area contributed by atoms with Gasteiger partial charge in [-0.1, -0.05) is 64.8 Å². The minimum Gasteiger partial charge on any atom is -0.0654 e. The molecule has 0 nitrogen and oxygen atoms in total. The highest BCUT2D eigenvalue weighted by Gasteiger charge is 2.07. The summed E-state index contributed by atoms with van der Waals surface area (Å²) in [4.78, 5) is 0. The average molecular weight is 218 g/mol. The van der Waals surface area contributed by atoms with Crippen molar-refractivity contribution in [2.24, 2.45) is 0 Å². The minimum atomic E-state index is 0.709. The van der Waals surface area contributed by atoms with Crippen LogP contribution in [0.4, 0.5) is 0 Å². The third-order valence-electron chi connectivity index (χ3n) is 3.52. The van der Waals surface area contributed by atoms with Gasteiger partial charge in [-0.15, -0.1) is 0 Å². The summed E-state index contributed by atoms with van der Waals surface area (Å²) in [5.74, 6) is 1.42. The number of hydrogen-bond acceptors (Lipinski definition) is 0. The average Bonchev–Trinajstić information content (AvgIpc) is 2.30. The topological polar surface area (TPSA) is 0 Å². The number of hydrogen-bond donors (Lipinski definition) is 0. The van der Waals surface area contributed by atoms with Gasteiger partial charge in [-0.3, -0.25) is 0 Å². The van der Waals surface area contributed by atoms with Gasteiger partial charge < -0.3 is 0 Å². The van der Waals surface area contributed by atoms with E-state index in [1.54, 1.807) is 0 Å². The number of rotatable bonds is 6. The Hall–Kier alpha value is -0.780. The van der Waals surface area contributed by atoms with Crippen molar-refractivity contribution in [2.75, 3.05) is 0 Å². The monoisotopic (exact) mass is 218 g/mol. The summed E-state index contributed by atoms with van der Waals surface area (Å²) in [7, 11) is 0. The molecule has 0 aliphatic rings. The highest BCUT2D eigenvalue weighted by molar-refractivity contribution is 5.27. The van der Waals surface area contributed by atoms with Gasteiger partial charge in [0.05, 0.1) is 0 Å². The molecule has 0 fully saturated rings. The molecular weight excluding hydrogens is 192 g/mol. The van der Waals surface area contributed by atoms with Crippen LogP contribution in [-0.4, -0.2) is 0 Å². The molecule has 1 aromatic carbocycles. The Morgan fingerprint density at radius 3 is 1.31 bits per heavy atom. The number of benzene rings is 1. The van der Waals surface area contributed by atoms with Crippen LogP contribution >= 0.6 is 0 Å². The SMILES string of the molecule is CCCC(C)c1ccc(C(C)CCC)cc1. The lowest BCUT2D eigenvalue weighted by Gasteiger charge is -2.14. The molecule has 2 unspecified atom stereocenters. The first kappa shape index (κ1) is 13.3. The molecule has 0 aliphatic heterocycles. The van der Waals surface area contributed by atoms with E-state index in [-0.39, 0.29) is 0 Å². The molecule has 0 amide bonds. The van der Waals surface area contributed by atoms with Gasteiger partial charge in [-0.05, 0) is 35.8 Å². The van der Waals surface area contributed by atoms with Crippen molar-refractivity contribution >= 4 is 0 Å². The first-order valence-corrected chi connectivity index (χ1v) is 6.78. The second-order valence-corrected chi connectivity index (χ2v) is 5.05. The van der Waals surface area contributed by atoms with Crippen molar-refractivity contribution in [1.82, 2.24) is 0 Å². The lowest BCUT2D eigenvalue weighted by molar-refractivity contribution is 0.655. The molecule has 1 rings (SSSR count). The lowest BCUT2D eigenvalue weighted by atomic mass is 9.91. The second-order valence-electron chi connectivity index (χ2n) is 5.05. The maximum Gasteiger partial charge on any atom is -0.0190 e. The van der Waals surface area contributed by atoms with Gasteiger partial charge in [0.1, 0.15) is 0 Å². The van der Waals surface area contributed by atoms with Crippen molar-refractivity contribution in [1.29, 1.82) is 0 Å². The Morgan fingerprint density at radius 1 is 0.750 bits per heavy atom. The van der Waals surface area contributed by atoms with Crippen LogP contribution < -0.4 is 0 Å². The van der Waals surface area contributed by atoms with E-state index in [0.29, 0.717) is 11.8 Å². The van der Waals surface area contributed by atoms with Crippen LogP contribution in [0.2, 0.25) is 0 Å². The zero-order chi connectivity index (χ0) is 12.0. The van der Waals surface area contributed by atoms with E-state index in [2.05, 4.69) is 52.0 Å². The van der Waals surface area contributed by atoms with Gasteiger partial charge in [0.25, 0.3) is 0 Å². The van der Waals surface area contributed by atoms with E-state index in [0.717, 1.165) is 0 Å². The van der Waals surface area contributed by atoms with E-state index in [9.17, 15) is 0 Å². The normalized spacial score (nSPS) is 14.8. The van der Waals surface area contributed by atoms with E-state index in [4.69, 9.17) is 0 Å². The van der Waals surface area contributed by atoms with E-state index in [1.807, 2.05) is 0 Å². The fraction of sp³-hybridized carbons (Fsp3) is 0.625. The Kier molecular flexibility index (Phi) is 5.59. The van der Waals surface area contributed by atoms with Crippen LogP contribution in [-0.2, 0) is 0 Å². The maximum absolute atomic E-state index is 2.33. The van der Waals surface area contributed by atoms with Crippen LogP contribution in [0, 0.1) is 0 Å². The maximum atomic E-state index is 2.33. The molecule has 90 valence electrons. The standard InChI is InChI=1S/C16H26/c1-5-7-13(3)15-9-11-16(12-10-15)14(4)8-6-2/h9-14H,5-8H2,1-4H3. The largest absolute Gasteiger partial charge is 0.0654 e. The summed E-state index contributed by atoms with van der Waals surface area (Å²) in [6.45, 7) is 9.17. The molecule has 16 heavy (non-hydrogen) atoms. The summed E-state index contributed by atoms with van der Waals surface area (Å²) in [6.07, 6.45) is 5.14. The molecule has 0 radical (unpaired) electrons. The van der Waals surface area contributed by atoms with Crippen molar-refractivity contribution in [3.63, 3.8) is 0 Å². The highest BCUT2D eigenvalue weighted by Crippen LogP contribution is 2.25. The molecule has 1 aromatic rings. The Balaban J connectivity index is 2.67. The molecule has 0 N–H and O–H groups in total. The highest BCUT2D eigenvalue weighted by atomic mass is 14.1. The predicted molar refractivity (Wildman–Crippen MR) is 73.1 cm³/mol. The Morgan fingerprint density at radius 2 is 1.06 bits per heavy atom. The van der Waals surface area contributed by atoms with Gasteiger partial charge in [0.2, 0.25) is 0 Å². The van der Waals surface area contributed by atoms with Crippen LogP contribution in [0.1, 0.15) is 76.3 Å². The van der Waals surface area contributed by atoms with Crippen LogP contribution in [0.3, 0.4) is 0 Å². The second kappa shape index (κ2) is 6.73. The smallest absolute Gasteiger partial charge is 0.0190 e. The first-order chi connectivity index (χ1) is 7.69. The molecular formula is C16H26. The lowest BCUT2D eigenvalue weighted by Crippen LogP contribution is -1.96. The molecule has 0 saturated carbocycles. The van der Waals surface area contributed by atoms with Crippen molar-refractivity contribution < 1.29 is 0 Å². The van der Waals surface area contributed by atoms with Crippen molar-refractivity contribution in [2.45, 2.75) is 65.2 Å². The summed E-state index contributed by atoms with van der Waals surface area (Å²) < 4.78 is 0. The fourth-order valence-electron chi connectivity index (χ4n) is 2.35. The molecule has 0 saturated heterocycles. The predicted octanol–water partition coefficient (Wildman–Crippen LogP) is 5.49. The van der Waals surface area contributed by atoms with Crippen LogP contribution in [0.5, 0.6) is 0 Å². The Bertz CT molecular complexity index is 252. The van der Waals surface area contributed by atoms with Crippen LogP contribution in [0.15, 0.2) is 24.3 Å². The van der Waals surface area contributed by atoms with E-state index >= 15 is 0 Å². The molecule has 0 aromatic heterocycles. The van der Waals surface area contributed by atoms with Gasteiger partial charge in [0.15, 0.2) is 0 Å². The minimum absolute atomic E-state index is 0.709. The van der Waals surface area contributed by atoms with Crippen molar-refractivity contribution in [3.05, 3.63) is 35.4 Å². The molecule has 0 bridgehead atoms. The Labute approximate surface area is 101 Å². The molecule has 0 spiro atoms. The van der Waals surface area contributed by atoms with Gasteiger partial charge in [-0.25, -0.2) is 0 Å². The first-order valence-electron chi connectivity index (χ1n) is 6.78. The van der Waals surface area contributed by atoms with Gasteiger partial charge in [0, 0.05) is 0 Å². The molecule has 0 heteroatoms. The quantitative estimate of drug-likeness (QED) is 0.592. The zero-order valence-electron chi connectivity index (χ0n) is 11.3. The molecule has 0 heterocycles. The third-order valence-corrected chi connectivity index (χ3v) is 3.52. The summed E-state index contributed by atoms with van der Waals surface area (Å²) >= 11 is 0. The van der Waals surface area contributed by atoms with Gasteiger partial charge in [-0.2, -0.15) is 0 Å². The zero-order valence-corrected chi connectivity index (χ0v) is 11.3. The molecule has 2 atom stereocenters. The summed E-state index contributed by atoms with van der Waals surface area (Å²) in [5.41, 5.74) is 2.99. The van der Waals surface area contributed by atoms with Crippen molar-refractivity contribution in [3.8, 4) is 0 Å². The third kappa shape index (κ3) is 3.66. The fourth-order valence-corrected chi connectivity index (χ4v) is 2.35. The molecule has 0 aliphatic carbocycles. The van der Waals surface area contributed by atoms with E-state index in [1.165, 1.54) is 36.8 Å². The summed E-state index contributed by atoms with van der Waals surface area (Å²) in [6, 6.07) is 9.28. The van der Waals surface area contributed by atoms with Gasteiger partial charge >= 0.3 is 0 Å². The van der Waals surface area contributed by atoms with Crippen LogP contribution in [0.25, 0.3) is 0 Å². The van der Waals surface area contributed by atoms with E-state index < -0.39 is 0 Å².